The summed E-state index contributed by atoms with van der Waals surface area (Å²) in [6.45, 7) is 0. The van der Waals surface area contributed by atoms with Crippen LogP contribution in [0, 0.1) is 0 Å². The zero-order chi connectivity index (χ0) is 10.8. The maximum absolute atomic E-state index is 9.57. The van der Waals surface area contributed by atoms with Gasteiger partial charge in [0.05, 0.1) is 5.56 Å². The van der Waals surface area contributed by atoms with Crippen LogP contribution >= 0.6 is 11.8 Å². The predicted molar refractivity (Wildman–Crippen MR) is 56.9 cm³/mol. The fraction of sp³-hybridized carbons (Fsp3) is 0.111. The second-order valence-corrected chi connectivity index (χ2v) is 3.68. The number of aromatic hydroxyl groups is 2. The molecule has 0 bridgehead atoms. The predicted octanol–water partition coefficient (Wildman–Crippen LogP) is 1.60. The highest BCUT2D eigenvalue weighted by molar-refractivity contribution is 7.98. The van der Waals surface area contributed by atoms with Gasteiger partial charge >= 0.3 is 0 Å². The number of nitrogens with one attached hydrogen (secondary N) is 1. The molecule has 0 spiro atoms. The molecule has 0 saturated carbocycles. The van der Waals surface area contributed by atoms with Crippen molar-refractivity contribution in [1.82, 2.24) is 15.2 Å². The van der Waals surface area contributed by atoms with Crippen molar-refractivity contribution in [2.24, 2.45) is 0 Å². The molecule has 3 N–H and O–H groups in total. The van der Waals surface area contributed by atoms with Crippen LogP contribution in [-0.4, -0.2) is 31.7 Å². The molecule has 2 aromatic rings. The van der Waals surface area contributed by atoms with Crippen LogP contribution in [0.25, 0.3) is 11.4 Å². The summed E-state index contributed by atoms with van der Waals surface area (Å²) in [5.74, 6) is 0.469. The molecule has 2 rings (SSSR count). The van der Waals surface area contributed by atoms with Gasteiger partial charge in [0.25, 0.3) is 0 Å². The SMILES string of the molecule is CSc1nnc(-c2ccc(O)cc2O)[nH]1. The maximum Gasteiger partial charge on any atom is 0.188 e. The van der Waals surface area contributed by atoms with Crippen molar-refractivity contribution in [3.05, 3.63) is 18.2 Å². The Balaban J connectivity index is 2.44. The van der Waals surface area contributed by atoms with E-state index in [0.717, 1.165) is 0 Å². The third-order valence-electron chi connectivity index (χ3n) is 1.90. The number of hydrogen-bond acceptors (Lipinski definition) is 5. The molecule has 1 aromatic carbocycles. The molecule has 0 unspecified atom stereocenters. The van der Waals surface area contributed by atoms with Gasteiger partial charge in [0.2, 0.25) is 0 Å². The van der Waals surface area contributed by atoms with Gasteiger partial charge < -0.3 is 15.2 Å². The van der Waals surface area contributed by atoms with Crippen molar-refractivity contribution in [1.29, 1.82) is 0 Å². The highest BCUT2D eigenvalue weighted by atomic mass is 32.2. The van der Waals surface area contributed by atoms with E-state index in [1.54, 1.807) is 6.07 Å². The molecule has 0 aliphatic heterocycles. The summed E-state index contributed by atoms with van der Waals surface area (Å²) < 4.78 is 0. The molecule has 0 saturated heterocycles. The first-order valence-corrected chi connectivity index (χ1v) is 5.42. The number of aromatic amines is 1. The van der Waals surface area contributed by atoms with Crippen molar-refractivity contribution >= 4 is 11.8 Å². The number of nitrogens with zero attached hydrogens (tertiary/aromatic N) is 2. The van der Waals surface area contributed by atoms with Crippen LogP contribution in [0.2, 0.25) is 0 Å². The summed E-state index contributed by atoms with van der Waals surface area (Å²) in [5.41, 5.74) is 0.514. The lowest BCUT2D eigenvalue weighted by Crippen LogP contribution is -1.81. The number of benzene rings is 1. The summed E-state index contributed by atoms with van der Waals surface area (Å²) in [5, 5.41) is 27.1. The smallest absolute Gasteiger partial charge is 0.188 e. The second-order valence-electron chi connectivity index (χ2n) is 2.88. The summed E-state index contributed by atoms with van der Waals surface area (Å²) in [7, 11) is 0. The van der Waals surface area contributed by atoms with Crippen LogP contribution in [0.5, 0.6) is 11.5 Å². The highest BCUT2D eigenvalue weighted by Gasteiger charge is 2.09. The lowest BCUT2D eigenvalue weighted by atomic mass is 10.2. The van der Waals surface area contributed by atoms with Crippen molar-refractivity contribution in [2.45, 2.75) is 5.16 Å². The van der Waals surface area contributed by atoms with Crippen LogP contribution in [0.1, 0.15) is 0 Å². The fourth-order valence-electron chi connectivity index (χ4n) is 1.18. The van der Waals surface area contributed by atoms with Gasteiger partial charge in [-0.3, -0.25) is 0 Å². The topological polar surface area (TPSA) is 82.0 Å². The van der Waals surface area contributed by atoms with Crippen LogP contribution in [-0.2, 0) is 0 Å². The molecular weight excluding hydrogens is 214 g/mol. The van der Waals surface area contributed by atoms with E-state index in [4.69, 9.17) is 5.11 Å². The van der Waals surface area contributed by atoms with Gasteiger partial charge in [0, 0.05) is 6.07 Å². The van der Waals surface area contributed by atoms with Gasteiger partial charge in [-0.05, 0) is 18.4 Å². The van der Waals surface area contributed by atoms with Gasteiger partial charge in [-0.1, -0.05) is 11.8 Å². The molecule has 0 amide bonds. The summed E-state index contributed by atoms with van der Waals surface area (Å²) in [6.07, 6.45) is 1.88. The molecule has 0 aliphatic carbocycles. The molecule has 0 fully saturated rings. The maximum atomic E-state index is 9.57. The molecule has 6 heteroatoms. The first-order chi connectivity index (χ1) is 7.20. The van der Waals surface area contributed by atoms with E-state index in [2.05, 4.69) is 15.2 Å². The summed E-state index contributed by atoms with van der Waals surface area (Å²) in [6, 6.07) is 4.32. The van der Waals surface area contributed by atoms with E-state index >= 15 is 0 Å². The van der Waals surface area contributed by atoms with Crippen LogP contribution < -0.4 is 0 Å². The first kappa shape index (κ1) is 9.85. The highest BCUT2D eigenvalue weighted by Crippen LogP contribution is 2.30. The minimum atomic E-state index is -0.0289. The fourth-order valence-corrected chi connectivity index (χ4v) is 1.50. The zero-order valence-corrected chi connectivity index (χ0v) is 8.75. The van der Waals surface area contributed by atoms with E-state index in [9.17, 15) is 5.11 Å². The molecule has 15 heavy (non-hydrogen) atoms. The van der Waals surface area contributed by atoms with Crippen LogP contribution in [0.3, 0.4) is 0 Å². The minimum absolute atomic E-state index is 0.0147. The summed E-state index contributed by atoms with van der Waals surface area (Å²) in [4.78, 5) is 2.94. The van der Waals surface area contributed by atoms with Crippen LogP contribution in [0.15, 0.2) is 23.4 Å². The number of hydrogen-bond donors (Lipinski definition) is 3. The molecule has 5 nitrogen and oxygen atoms in total. The first-order valence-electron chi connectivity index (χ1n) is 4.19. The molecular formula is C9H9N3O2S. The molecule has 78 valence electrons. The Morgan fingerprint density at radius 1 is 1.27 bits per heavy atom. The normalized spacial score (nSPS) is 10.5. The Morgan fingerprint density at radius 2 is 2.07 bits per heavy atom. The summed E-state index contributed by atoms with van der Waals surface area (Å²) >= 11 is 1.43. The Morgan fingerprint density at radius 3 is 2.67 bits per heavy atom. The number of phenols is 2. The molecule has 1 heterocycles. The van der Waals surface area contributed by atoms with E-state index in [0.29, 0.717) is 16.5 Å². The van der Waals surface area contributed by atoms with E-state index in [1.807, 2.05) is 6.26 Å². The van der Waals surface area contributed by atoms with Gasteiger partial charge in [-0.15, -0.1) is 10.2 Å². The Labute approximate surface area is 90.2 Å². The van der Waals surface area contributed by atoms with E-state index in [-0.39, 0.29) is 11.5 Å². The lowest BCUT2D eigenvalue weighted by molar-refractivity contribution is 0.451. The third-order valence-corrected chi connectivity index (χ3v) is 2.47. The Hall–Kier alpha value is -1.69. The molecule has 0 aliphatic rings. The Bertz CT molecular complexity index is 484. The number of thioether (sulfide) groups is 1. The van der Waals surface area contributed by atoms with Gasteiger partial charge in [0.1, 0.15) is 11.5 Å². The largest absolute Gasteiger partial charge is 0.508 e. The van der Waals surface area contributed by atoms with E-state index in [1.165, 1.54) is 23.9 Å². The van der Waals surface area contributed by atoms with Gasteiger partial charge in [-0.25, -0.2) is 0 Å². The van der Waals surface area contributed by atoms with Crippen molar-refractivity contribution < 1.29 is 10.2 Å². The van der Waals surface area contributed by atoms with Crippen molar-refractivity contribution in [3.63, 3.8) is 0 Å². The Kier molecular flexibility index (Phi) is 2.51. The number of rotatable bonds is 2. The van der Waals surface area contributed by atoms with Crippen molar-refractivity contribution in [3.8, 4) is 22.9 Å². The van der Waals surface area contributed by atoms with Crippen molar-refractivity contribution in [2.75, 3.05) is 6.26 Å². The number of aromatic nitrogens is 3. The average molecular weight is 223 g/mol. The zero-order valence-electron chi connectivity index (χ0n) is 7.93. The molecule has 0 atom stereocenters. The standard InChI is InChI=1S/C9H9N3O2S/c1-15-9-10-8(11-12-9)6-3-2-5(13)4-7(6)14/h2-4,13-14H,1H3,(H,10,11,12). The lowest BCUT2D eigenvalue weighted by Gasteiger charge is -2.00. The third kappa shape index (κ3) is 1.89. The second kappa shape index (κ2) is 3.82. The quantitative estimate of drug-likeness (QED) is 0.674. The number of phenolic OH excluding ortho intramolecular Hbond substituents is 2. The monoisotopic (exact) mass is 223 g/mol. The molecule has 1 aromatic heterocycles. The molecule has 0 radical (unpaired) electrons. The van der Waals surface area contributed by atoms with E-state index < -0.39 is 0 Å². The van der Waals surface area contributed by atoms with Gasteiger partial charge in [0.15, 0.2) is 11.0 Å². The average Bonchev–Trinajstić information content (AvgIpc) is 2.66. The minimum Gasteiger partial charge on any atom is -0.508 e. The number of H-pyrrole nitrogens is 1. The van der Waals surface area contributed by atoms with Gasteiger partial charge in [-0.2, -0.15) is 0 Å². The van der Waals surface area contributed by atoms with Crippen LogP contribution in [0.4, 0.5) is 0 Å².